The summed E-state index contributed by atoms with van der Waals surface area (Å²) in [5.74, 6) is -0.387. The van der Waals surface area contributed by atoms with Crippen molar-refractivity contribution in [2.24, 2.45) is 0 Å². The summed E-state index contributed by atoms with van der Waals surface area (Å²) in [6, 6.07) is 0. The second kappa shape index (κ2) is 5.97. The number of ether oxygens (including phenoxy) is 3. The third kappa shape index (κ3) is 4.31. The number of hydrogen-bond acceptors (Lipinski definition) is 4. The van der Waals surface area contributed by atoms with Crippen molar-refractivity contribution in [2.45, 2.75) is 33.2 Å². The number of hydrogen-bond donors (Lipinski definition) is 0. The minimum absolute atomic E-state index is 0.371. The standard InChI is InChI=1S/C8H16O4/c1-5-11-7(3)12-6(2)8(9)10-4/h6-7H,5H2,1-4H3/t6?,7-/m1/s1. The fraction of sp³-hybridized carbons (Fsp3) is 0.875. The van der Waals surface area contributed by atoms with Gasteiger partial charge < -0.3 is 14.2 Å². The Balaban J connectivity index is 3.67. The van der Waals surface area contributed by atoms with Crippen LogP contribution >= 0.6 is 0 Å². The summed E-state index contributed by atoms with van der Waals surface area (Å²) >= 11 is 0. The molecule has 0 aromatic heterocycles. The number of carbonyl (C=O) groups is 1. The van der Waals surface area contributed by atoms with Crippen LogP contribution in [0.5, 0.6) is 0 Å². The van der Waals surface area contributed by atoms with Crippen molar-refractivity contribution in [3.05, 3.63) is 0 Å². The van der Waals surface area contributed by atoms with E-state index in [0.717, 1.165) is 0 Å². The lowest BCUT2D eigenvalue weighted by molar-refractivity contribution is -0.182. The Bertz CT molecular complexity index is 135. The van der Waals surface area contributed by atoms with E-state index in [4.69, 9.17) is 9.47 Å². The Kier molecular flexibility index (Phi) is 5.66. The lowest BCUT2D eigenvalue weighted by Crippen LogP contribution is -2.27. The number of carbonyl (C=O) groups excluding carboxylic acids is 1. The number of rotatable bonds is 5. The van der Waals surface area contributed by atoms with E-state index in [1.165, 1.54) is 7.11 Å². The molecule has 4 heteroatoms. The zero-order valence-electron chi connectivity index (χ0n) is 7.99. The van der Waals surface area contributed by atoms with Crippen molar-refractivity contribution in [2.75, 3.05) is 13.7 Å². The van der Waals surface area contributed by atoms with Gasteiger partial charge >= 0.3 is 5.97 Å². The molecule has 0 aromatic carbocycles. The Morgan fingerprint density at radius 2 is 2.00 bits per heavy atom. The van der Waals surface area contributed by atoms with Gasteiger partial charge in [-0.2, -0.15) is 0 Å². The van der Waals surface area contributed by atoms with Crippen LogP contribution in [0.2, 0.25) is 0 Å². The molecule has 0 aromatic rings. The molecule has 12 heavy (non-hydrogen) atoms. The fourth-order valence-electron chi connectivity index (χ4n) is 0.783. The maximum atomic E-state index is 10.8. The molecule has 0 aliphatic heterocycles. The first kappa shape index (κ1) is 11.4. The van der Waals surface area contributed by atoms with Crippen LogP contribution in [0.1, 0.15) is 20.8 Å². The maximum absolute atomic E-state index is 10.8. The molecule has 0 N–H and O–H groups in total. The van der Waals surface area contributed by atoms with Gasteiger partial charge in [0.2, 0.25) is 0 Å². The molecule has 0 heterocycles. The fourth-order valence-corrected chi connectivity index (χ4v) is 0.783. The van der Waals surface area contributed by atoms with Gasteiger partial charge in [0.15, 0.2) is 12.4 Å². The second-order valence-corrected chi connectivity index (χ2v) is 2.32. The smallest absolute Gasteiger partial charge is 0.334 e. The molecule has 0 amide bonds. The van der Waals surface area contributed by atoms with Gasteiger partial charge in [-0.15, -0.1) is 0 Å². The molecule has 1 unspecified atom stereocenters. The average molecular weight is 176 g/mol. The molecule has 72 valence electrons. The first-order chi connectivity index (χ1) is 5.61. The van der Waals surface area contributed by atoms with Crippen LogP contribution in [0.3, 0.4) is 0 Å². The topological polar surface area (TPSA) is 44.8 Å². The highest BCUT2D eigenvalue weighted by Gasteiger charge is 2.16. The SMILES string of the molecule is CCO[C@@H](C)OC(C)C(=O)OC. The van der Waals surface area contributed by atoms with E-state index in [0.29, 0.717) is 6.61 Å². The summed E-state index contributed by atoms with van der Waals surface area (Å²) in [5.41, 5.74) is 0. The van der Waals surface area contributed by atoms with Gasteiger partial charge in [0, 0.05) is 6.61 Å². The predicted octanol–water partition coefficient (Wildman–Crippen LogP) is 0.947. The number of methoxy groups -OCH3 is 1. The van der Waals surface area contributed by atoms with Crippen molar-refractivity contribution in [1.29, 1.82) is 0 Å². The lowest BCUT2D eigenvalue weighted by atomic mass is 10.4. The lowest BCUT2D eigenvalue weighted by Gasteiger charge is -2.16. The Morgan fingerprint density at radius 3 is 2.42 bits per heavy atom. The summed E-state index contributed by atoms with van der Waals surface area (Å²) in [5, 5.41) is 0. The van der Waals surface area contributed by atoms with Crippen LogP contribution < -0.4 is 0 Å². The van der Waals surface area contributed by atoms with Crippen LogP contribution in [0.4, 0.5) is 0 Å². The van der Waals surface area contributed by atoms with Crippen LogP contribution in [0.25, 0.3) is 0 Å². The third-order valence-electron chi connectivity index (χ3n) is 1.33. The minimum Gasteiger partial charge on any atom is -0.467 e. The molecule has 0 fully saturated rings. The van der Waals surface area contributed by atoms with Crippen LogP contribution in [0.15, 0.2) is 0 Å². The Hall–Kier alpha value is -0.610. The minimum atomic E-state index is -0.573. The summed E-state index contributed by atoms with van der Waals surface area (Å²) < 4.78 is 14.7. The van der Waals surface area contributed by atoms with E-state index in [-0.39, 0.29) is 12.3 Å². The normalized spacial score (nSPS) is 15.3. The molecule has 0 aliphatic rings. The molecule has 0 radical (unpaired) electrons. The molecule has 0 rings (SSSR count). The van der Waals surface area contributed by atoms with Crippen LogP contribution in [-0.2, 0) is 19.0 Å². The molecule has 0 saturated carbocycles. The first-order valence-corrected chi connectivity index (χ1v) is 3.96. The largest absolute Gasteiger partial charge is 0.467 e. The summed E-state index contributed by atoms with van der Waals surface area (Å²) in [6.45, 7) is 5.79. The summed E-state index contributed by atoms with van der Waals surface area (Å²) in [7, 11) is 1.33. The van der Waals surface area contributed by atoms with Crippen molar-refractivity contribution in [3.8, 4) is 0 Å². The predicted molar refractivity (Wildman–Crippen MR) is 43.7 cm³/mol. The van der Waals surface area contributed by atoms with Crippen molar-refractivity contribution < 1.29 is 19.0 Å². The van der Waals surface area contributed by atoms with E-state index in [2.05, 4.69) is 4.74 Å². The molecular formula is C8H16O4. The average Bonchev–Trinajstić information content (AvgIpc) is 2.03. The molecule has 0 bridgehead atoms. The highest BCUT2D eigenvalue weighted by molar-refractivity contribution is 5.73. The molecule has 0 aliphatic carbocycles. The third-order valence-corrected chi connectivity index (χ3v) is 1.33. The molecule has 2 atom stereocenters. The van der Waals surface area contributed by atoms with Gasteiger partial charge in [-0.25, -0.2) is 4.79 Å². The maximum Gasteiger partial charge on any atom is 0.334 e. The van der Waals surface area contributed by atoms with E-state index >= 15 is 0 Å². The van der Waals surface area contributed by atoms with Crippen molar-refractivity contribution in [1.82, 2.24) is 0 Å². The zero-order valence-corrected chi connectivity index (χ0v) is 7.99. The van der Waals surface area contributed by atoms with Crippen LogP contribution in [-0.4, -0.2) is 32.1 Å². The van der Waals surface area contributed by atoms with Gasteiger partial charge in [0.1, 0.15) is 0 Å². The Morgan fingerprint density at radius 1 is 1.42 bits per heavy atom. The highest BCUT2D eigenvalue weighted by atomic mass is 16.7. The molecule has 4 nitrogen and oxygen atoms in total. The van der Waals surface area contributed by atoms with Gasteiger partial charge in [-0.1, -0.05) is 0 Å². The summed E-state index contributed by atoms with van der Waals surface area (Å²) in [4.78, 5) is 10.8. The number of esters is 1. The molecule has 0 saturated heterocycles. The monoisotopic (exact) mass is 176 g/mol. The van der Waals surface area contributed by atoms with E-state index < -0.39 is 6.10 Å². The van der Waals surface area contributed by atoms with E-state index in [9.17, 15) is 4.79 Å². The van der Waals surface area contributed by atoms with Gasteiger partial charge in [0.05, 0.1) is 7.11 Å². The zero-order chi connectivity index (χ0) is 9.56. The molecular weight excluding hydrogens is 160 g/mol. The Labute approximate surface area is 72.8 Å². The van der Waals surface area contributed by atoms with E-state index in [1.807, 2.05) is 6.92 Å². The molecule has 0 spiro atoms. The van der Waals surface area contributed by atoms with Gasteiger partial charge in [0.25, 0.3) is 0 Å². The van der Waals surface area contributed by atoms with Gasteiger partial charge in [-0.05, 0) is 20.8 Å². The van der Waals surface area contributed by atoms with Gasteiger partial charge in [-0.3, -0.25) is 0 Å². The van der Waals surface area contributed by atoms with E-state index in [1.54, 1.807) is 13.8 Å². The van der Waals surface area contributed by atoms with Crippen molar-refractivity contribution >= 4 is 5.97 Å². The van der Waals surface area contributed by atoms with Crippen LogP contribution in [0, 0.1) is 0 Å². The quantitative estimate of drug-likeness (QED) is 0.462. The second-order valence-electron chi connectivity index (χ2n) is 2.32. The first-order valence-electron chi connectivity index (χ1n) is 3.96. The van der Waals surface area contributed by atoms with Crippen molar-refractivity contribution in [3.63, 3.8) is 0 Å². The highest BCUT2D eigenvalue weighted by Crippen LogP contribution is 2.00. The summed E-state index contributed by atoms with van der Waals surface area (Å²) in [6.07, 6.45) is -0.944.